The van der Waals surface area contributed by atoms with E-state index in [1.807, 2.05) is 12.1 Å². The third-order valence-corrected chi connectivity index (χ3v) is 3.47. The second-order valence-electron chi connectivity index (χ2n) is 4.59. The summed E-state index contributed by atoms with van der Waals surface area (Å²) >= 11 is 5.97. The van der Waals surface area contributed by atoms with E-state index in [0.29, 0.717) is 0 Å². The molecule has 102 valence electrons. The summed E-state index contributed by atoms with van der Waals surface area (Å²) in [6, 6.07) is 10.2. The molecule has 19 heavy (non-hydrogen) atoms. The van der Waals surface area contributed by atoms with Crippen molar-refractivity contribution in [3.8, 4) is 0 Å². The van der Waals surface area contributed by atoms with Crippen molar-refractivity contribution in [2.24, 2.45) is 0 Å². The van der Waals surface area contributed by atoms with Gasteiger partial charge in [-0.3, -0.25) is 0 Å². The lowest BCUT2D eigenvalue weighted by molar-refractivity contribution is 0.500. The molecule has 0 bridgehead atoms. The van der Waals surface area contributed by atoms with Crippen LogP contribution in [0, 0.1) is 0 Å². The maximum atomic E-state index is 5.97. The standard InChI is InChI=1S/C16H20ClNO/c1-3-10-18-16(12-5-7-13(17)8-6-12)14-9-11-19-15(14)4-2/h5-9,11,16,18H,3-4,10H2,1-2H3. The van der Waals surface area contributed by atoms with Crippen LogP contribution in [0.5, 0.6) is 0 Å². The van der Waals surface area contributed by atoms with Gasteiger partial charge in [0.2, 0.25) is 0 Å². The molecule has 1 aromatic carbocycles. The molecule has 1 heterocycles. The van der Waals surface area contributed by atoms with Crippen LogP contribution in [-0.2, 0) is 6.42 Å². The lowest BCUT2D eigenvalue weighted by atomic mass is 9.98. The Morgan fingerprint density at radius 3 is 2.53 bits per heavy atom. The summed E-state index contributed by atoms with van der Waals surface area (Å²) in [5.74, 6) is 1.04. The van der Waals surface area contributed by atoms with Gasteiger partial charge in [0, 0.05) is 17.0 Å². The summed E-state index contributed by atoms with van der Waals surface area (Å²) in [6.45, 7) is 5.25. The van der Waals surface area contributed by atoms with Crippen LogP contribution in [0.3, 0.4) is 0 Å². The summed E-state index contributed by atoms with van der Waals surface area (Å²) in [5.41, 5.74) is 2.44. The van der Waals surface area contributed by atoms with Gasteiger partial charge in [0.05, 0.1) is 12.3 Å². The van der Waals surface area contributed by atoms with E-state index >= 15 is 0 Å². The molecule has 0 aliphatic rings. The summed E-state index contributed by atoms with van der Waals surface area (Å²) in [6.07, 6.45) is 3.77. The summed E-state index contributed by atoms with van der Waals surface area (Å²) in [4.78, 5) is 0. The van der Waals surface area contributed by atoms with Crippen molar-refractivity contribution in [3.63, 3.8) is 0 Å². The number of nitrogens with one attached hydrogen (secondary N) is 1. The van der Waals surface area contributed by atoms with Crippen LogP contribution in [0.1, 0.15) is 43.2 Å². The van der Waals surface area contributed by atoms with E-state index in [4.69, 9.17) is 16.0 Å². The Bertz CT molecular complexity index is 504. The molecular weight excluding hydrogens is 258 g/mol. The van der Waals surface area contributed by atoms with E-state index < -0.39 is 0 Å². The lowest BCUT2D eigenvalue weighted by Crippen LogP contribution is -2.23. The Hall–Kier alpha value is -1.25. The molecule has 2 nitrogen and oxygen atoms in total. The van der Waals surface area contributed by atoms with Crippen LogP contribution in [0.25, 0.3) is 0 Å². The van der Waals surface area contributed by atoms with Crippen molar-refractivity contribution < 1.29 is 4.42 Å². The highest BCUT2D eigenvalue weighted by Gasteiger charge is 2.18. The van der Waals surface area contributed by atoms with Crippen molar-refractivity contribution in [1.82, 2.24) is 5.32 Å². The van der Waals surface area contributed by atoms with Crippen LogP contribution in [0.4, 0.5) is 0 Å². The zero-order valence-corrected chi connectivity index (χ0v) is 12.2. The summed E-state index contributed by atoms with van der Waals surface area (Å²) in [5, 5.41) is 4.34. The molecule has 0 amide bonds. The smallest absolute Gasteiger partial charge is 0.108 e. The van der Waals surface area contributed by atoms with E-state index in [2.05, 4.69) is 37.4 Å². The molecule has 1 aromatic heterocycles. The fourth-order valence-electron chi connectivity index (χ4n) is 2.25. The Balaban J connectivity index is 2.32. The highest BCUT2D eigenvalue weighted by Crippen LogP contribution is 2.27. The Morgan fingerprint density at radius 2 is 1.89 bits per heavy atom. The molecule has 1 N–H and O–H groups in total. The number of rotatable bonds is 6. The summed E-state index contributed by atoms with van der Waals surface area (Å²) < 4.78 is 5.55. The molecule has 0 fully saturated rings. The van der Waals surface area contributed by atoms with Crippen LogP contribution >= 0.6 is 11.6 Å². The van der Waals surface area contributed by atoms with E-state index in [-0.39, 0.29) is 6.04 Å². The number of furan rings is 1. The first-order valence-corrected chi connectivity index (χ1v) is 7.19. The van der Waals surface area contributed by atoms with Gasteiger partial charge in [0.1, 0.15) is 5.76 Å². The SMILES string of the molecule is CCCNC(c1ccc(Cl)cc1)c1ccoc1CC. The van der Waals surface area contributed by atoms with Crippen LogP contribution < -0.4 is 5.32 Å². The van der Waals surface area contributed by atoms with E-state index in [1.54, 1.807) is 6.26 Å². The second kappa shape index (κ2) is 6.78. The van der Waals surface area contributed by atoms with Crippen molar-refractivity contribution in [2.45, 2.75) is 32.7 Å². The van der Waals surface area contributed by atoms with Gasteiger partial charge >= 0.3 is 0 Å². The largest absolute Gasteiger partial charge is 0.469 e. The van der Waals surface area contributed by atoms with Gasteiger partial charge in [-0.05, 0) is 36.7 Å². The second-order valence-corrected chi connectivity index (χ2v) is 5.03. The molecule has 0 radical (unpaired) electrons. The Kier molecular flexibility index (Phi) is 5.06. The molecule has 2 aromatic rings. The Morgan fingerprint density at radius 1 is 1.16 bits per heavy atom. The van der Waals surface area contributed by atoms with Crippen LogP contribution in [0.2, 0.25) is 5.02 Å². The monoisotopic (exact) mass is 277 g/mol. The van der Waals surface area contributed by atoms with Crippen molar-refractivity contribution in [3.05, 3.63) is 58.5 Å². The minimum atomic E-state index is 0.172. The first-order chi connectivity index (χ1) is 9.26. The number of hydrogen-bond acceptors (Lipinski definition) is 2. The third kappa shape index (κ3) is 3.40. The fraction of sp³-hybridized carbons (Fsp3) is 0.375. The van der Waals surface area contributed by atoms with Gasteiger partial charge in [-0.1, -0.05) is 37.6 Å². The average Bonchev–Trinajstić information content (AvgIpc) is 2.89. The van der Waals surface area contributed by atoms with Gasteiger partial charge in [0.25, 0.3) is 0 Å². The number of benzene rings is 1. The van der Waals surface area contributed by atoms with E-state index in [1.165, 1.54) is 11.1 Å². The molecule has 0 saturated heterocycles. The predicted octanol–water partition coefficient (Wildman–Crippen LogP) is 4.58. The first kappa shape index (κ1) is 14.2. The zero-order chi connectivity index (χ0) is 13.7. The normalized spacial score (nSPS) is 12.6. The number of halogens is 1. The van der Waals surface area contributed by atoms with Crippen LogP contribution in [0.15, 0.2) is 41.0 Å². The number of aryl methyl sites for hydroxylation is 1. The van der Waals surface area contributed by atoms with Gasteiger partial charge in [-0.15, -0.1) is 0 Å². The third-order valence-electron chi connectivity index (χ3n) is 3.21. The predicted molar refractivity (Wildman–Crippen MR) is 79.7 cm³/mol. The molecule has 0 saturated carbocycles. The van der Waals surface area contributed by atoms with Crippen molar-refractivity contribution in [2.75, 3.05) is 6.54 Å². The quantitative estimate of drug-likeness (QED) is 0.836. The van der Waals surface area contributed by atoms with Gasteiger partial charge < -0.3 is 9.73 Å². The maximum absolute atomic E-state index is 5.97. The first-order valence-electron chi connectivity index (χ1n) is 6.81. The molecule has 3 heteroatoms. The van der Waals surface area contributed by atoms with E-state index in [0.717, 1.165) is 30.2 Å². The van der Waals surface area contributed by atoms with Crippen LogP contribution in [-0.4, -0.2) is 6.54 Å². The topological polar surface area (TPSA) is 25.2 Å². The minimum Gasteiger partial charge on any atom is -0.469 e. The maximum Gasteiger partial charge on any atom is 0.108 e. The molecule has 1 atom stereocenters. The average molecular weight is 278 g/mol. The van der Waals surface area contributed by atoms with E-state index in [9.17, 15) is 0 Å². The summed E-state index contributed by atoms with van der Waals surface area (Å²) in [7, 11) is 0. The molecule has 0 spiro atoms. The fourth-order valence-corrected chi connectivity index (χ4v) is 2.37. The number of hydrogen-bond donors (Lipinski definition) is 1. The van der Waals surface area contributed by atoms with Crippen molar-refractivity contribution in [1.29, 1.82) is 0 Å². The highest BCUT2D eigenvalue weighted by molar-refractivity contribution is 6.30. The molecule has 0 aliphatic carbocycles. The molecule has 1 unspecified atom stereocenters. The lowest BCUT2D eigenvalue weighted by Gasteiger charge is -2.19. The molecule has 2 rings (SSSR count). The van der Waals surface area contributed by atoms with Crippen molar-refractivity contribution >= 4 is 11.6 Å². The van der Waals surface area contributed by atoms with Gasteiger partial charge in [-0.25, -0.2) is 0 Å². The Labute approximate surface area is 119 Å². The minimum absolute atomic E-state index is 0.172. The van der Waals surface area contributed by atoms with Gasteiger partial charge in [-0.2, -0.15) is 0 Å². The zero-order valence-electron chi connectivity index (χ0n) is 11.4. The highest BCUT2D eigenvalue weighted by atomic mass is 35.5. The van der Waals surface area contributed by atoms with Gasteiger partial charge in [0.15, 0.2) is 0 Å². The molecule has 0 aliphatic heterocycles. The molecular formula is C16H20ClNO.